The number of aromatic nitrogens is 2. The molecule has 0 atom stereocenters. The summed E-state index contributed by atoms with van der Waals surface area (Å²) in [4.78, 5) is 8.72. The third-order valence-electron chi connectivity index (χ3n) is 3.06. The van der Waals surface area contributed by atoms with E-state index in [4.69, 9.17) is 0 Å². The fraction of sp³-hybridized carbons (Fsp3) is 0.125. The van der Waals surface area contributed by atoms with Crippen LogP contribution in [0.15, 0.2) is 54.9 Å². The van der Waals surface area contributed by atoms with Gasteiger partial charge in [0.25, 0.3) is 0 Å². The molecule has 0 fully saturated rings. The number of para-hydroxylation sites is 1. The van der Waals surface area contributed by atoms with Crippen molar-refractivity contribution in [3.63, 3.8) is 0 Å². The third-order valence-corrected chi connectivity index (χ3v) is 3.06. The Labute approximate surface area is 112 Å². The quantitative estimate of drug-likeness (QED) is 0.771. The highest BCUT2D eigenvalue weighted by atomic mass is 14.9. The van der Waals surface area contributed by atoms with E-state index in [-0.39, 0.29) is 0 Å². The van der Waals surface area contributed by atoms with Crippen LogP contribution in [0.1, 0.15) is 11.3 Å². The molecule has 0 aliphatic carbocycles. The SMILES string of the molecule is Cc1ccc(CNc2cnc3ccccc3c2)cn1. The highest BCUT2D eigenvalue weighted by Crippen LogP contribution is 2.16. The van der Waals surface area contributed by atoms with E-state index < -0.39 is 0 Å². The van der Waals surface area contributed by atoms with Crippen LogP contribution in [-0.2, 0) is 6.54 Å². The summed E-state index contributed by atoms with van der Waals surface area (Å²) in [5.74, 6) is 0. The van der Waals surface area contributed by atoms with Crippen molar-refractivity contribution in [1.29, 1.82) is 0 Å². The van der Waals surface area contributed by atoms with Crippen LogP contribution in [0.25, 0.3) is 10.9 Å². The summed E-state index contributed by atoms with van der Waals surface area (Å²) in [6, 6.07) is 14.3. The zero-order valence-electron chi connectivity index (χ0n) is 10.8. The molecule has 0 amide bonds. The van der Waals surface area contributed by atoms with Crippen molar-refractivity contribution in [1.82, 2.24) is 9.97 Å². The van der Waals surface area contributed by atoms with Crippen molar-refractivity contribution in [3.05, 3.63) is 66.1 Å². The first-order valence-corrected chi connectivity index (χ1v) is 6.31. The lowest BCUT2D eigenvalue weighted by molar-refractivity contribution is 1.08. The van der Waals surface area contributed by atoms with Crippen LogP contribution in [0.3, 0.4) is 0 Å². The van der Waals surface area contributed by atoms with Crippen LogP contribution in [0.5, 0.6) is 0 Å². The van der Waals surface area contributed by atoms with E-state index in [0.29, 0.717) is 0 Å². The maximum atomic E-state index is 4.43. The molecule has 3 aromatic rings. The highest BCUT2D eigenvalue weighted by Gasteiger charge is 1.98. The van der Waals surface area contributed by atoms with Crippen molar-refractivity contribution in [2.24, 2.45) is 0 Å². The topological polar surface area (TPSA) is 37.8 Å². The van der Waals surface area contributed by atoms with Crippen LogP contribution in [0, 0.1) is 6.92 Å². The van der Waals surface area contributed by atoms with Crippen LogP contribution >= 0.6 is 0 Å². The molecular formula is C16H15N3. The lowest BCUT2D eigenvalue weighted by atomic mass is 10.2. The van der Waals surface area contributed by atoms with Gasteiger partial charge in [-0.1, -0.05) is 24.3 Å². The zero-order chi connectivity index (χ0) is 13.1. The molecule has 0 unspecified atom stereocenters. The summed E-state index contributed by atoms with van der Waals surface area (Å²) in [5.41, 5.74) is 4.25. The number of rotatable bonds is 3. The molecule has 0 radical (unpaired) electrons. The minimum atomic E-state index is 0.757. The molecule has 3 rings (SSSR count). The number of hydrogen-bond donors (Lipinski definition) is 1. The van der Waals surface area contributed by atoms with Gasteiger partial charge in [0.05, 0.1) is 17.4 Å². The van der Waals surface area contributed by atoms with Gasteiger partial charge in [-0.15, -0.1) is 0 Å². The minimum Gasteiger partial charge on any atom is -0.380 e. The van der Waals surface area contributed by atoms with Crippen molar-refractivity contribution in [2.75, 3.05) is 5.32 Å². The van der Waals surface area contributed by atoms with Crippen molar-refractivity contribution < 1.29 is 0 Å². The Morgan fingerprint density at radius 2 is 1.89 bits per heavy atom. The molecule has 3 nitrogen and oxygen atoms in total. The standard InChI is InChI=1S/C16H15N3/c1-12-6-7-13(9-17-12)10-18-15-8-14-4-2-3-5-16(14)19-11-15/h2-9,11,18H,10H2,1H3. The van der Waals surface area contributed by atoms with Crippen LogP contribution in [0.4, 0.5) is 5.69 Å². The number of fused-ring (bicyclic) bond motifs is 1. The highest BCUT2D eigenvalue weighted by molar-refractivity contribution is 5.81. The molecule has 0 bridgehead atoms. The Balaban J connectivity index is 1.76. The Kier molecular flexibility index (Phi) is 3.11. The van der Waals surface area contributed by atoms with Gasteiger partial charge in [-0.2, -0.15) is 0 Å². The number of aryl methyl sites for hydroxylation is 1. The molecule has 94 valence electrons. The van der Waals surface area contributed by atoms with Gasteiger partial charge in [-0.25, -0.2) is 0 Å². The normalized spacial score (nSPS) is 10.6. The molecule has 19 heavy (non-hydrogen) atoms. The average Bonchev–Trinajstić information content (AvgIpc) is 2.46. The maximum Gasteiger partial charge on any atom is 0.0703 e. The van der Waals surface area contributed by atoms with Crippen molar-refractivity contribution >= 4 is 16.6 Å². The molecule has 0 saturated carbocycles. The van der Waals surface area contributed by atoms with E-state index in [1.54, 1.807) is 0 Å². The van der Waals surface area contributed by atoms with E-state index in [1.807, 2.05) is 43.6 Å². The van der Waals surface area contributed by atoms with Gasteiger partial charge in [0, 0.05) is 23.8 Å². The first-order chi connectivity index (χ1) is 9.31. The van der Waals surface area contributed by atoms with Crippen molar-refractivity contribution in [2.45, 2.75) is 13.5 Å². The second kappa shape index (κ2) is 5.06. The van der Waals surface area contributed by atoms with E-state index >= 15 is 0 Å². The number of nitrogens with zero attached hydrogens (tertiary/aromatic N) is 2. The second-order valence-electron chi connectivity index (χ2n) is 4.58. The lowest BCUT2D eigenvalue weighted by Crippen LogP contribution is -2.00. The predicted molar refractivity (Wildman–Crippen MR) is 78.0 cm³/mol. The summed E-state index contributed by atoms with van der Waals surface area (Å²) >= 11 is 0. The smallest absolute Gasteiger partial charge is 0.0703 e. The summed E-state index contributed by atoms with van der Waals surface area (Å²) in [7, 11) is 0. The largest absolute Gasteiger partial charge is 0.380 e. The fourth-order valence-electron chi connectivity index (χ4n) is 1.97. The van der Waals surface area contributed by atoms with Crippen LogP contribution < -0.4 is 5.32 Å². The summed E-state index contributed by atoms with van der Waals surface area (Å²) in [6.45, 7) is 2.75. The second-order valence-corrected chi connectivity index (χ2v) is 4.58. The molecule has 0 aliphatic rings. The molecule has 0 saturated heterocycles. The first-order valence-electron chi connectivity index (χ1n) is 6.31. The first kappa shape index (κ1) is 11.7. The third kappa shape index (κ3) is 2.71. The number of benzene rings is 1. The number of anilines is 1. The summed E-state index contributed by atoms with van der Waals surface area (Å²) in [5, 5.41) is 4.52. The monoisotopic (exact) mass is 249 g/mol. The lowest BCUT2D eigenvalue weighted by Gasteiger charge is -2.07. The molecule has 0 aliphatic heterocycles. The Morgan fingerprint density at radius 3 is 2.74 bits per heavy atom. The van der Waals surface area contributed by atoms with Gasteiger partial charge in [-0.3, -0.25) is 9.97 Å². The minimum absolute atomic E-state index is 0.757. The fourth-order valence-corrected chi connectivity index (χ4v) is 1.97. The van der Waals surface area contributed by atoms with E-state index in [9.17, 15) is 0 Å². The molecule has 3 heteroatoms. The maximum absolute atomic E-state index is 4.43. The van der Waals surface area contributed by atoms with Crippen LogP contribution in [0.2, 0.25) is 0 Å². The Bertz CT molecular complexity index is 690. The number of pyridine rings is 2. The molecule has 0 spiro atoms. The molecule has 2 heterocycles. The van der Waals surface area contributed by atoms with E-state index in [1.165, 1.54) is 5.56 Å². The van der Waals surface area contributed by atoms with Gasteiger partial charge in [-0.05, 0) is 30.7 Å². The van der Waals surface area contributed by atoms with Gasteiger partial charge < -0.3 is 5.32 Å². The number of nitrogens with one attached hydrogen (secondary N) is 1. The Morgan fingerprint density at radius 1 is 1.00 bits per heavy atom. The van der Waals surface area contributed by atoms with Gasteiger partial charge in [0.2, 0.25) is 0 Å². The molecular weight excluding hydrogens is 234 g/mol. The summed E-state index contributed by atoms with van der Waals surface area (Å²) in [6.07, 6.45) is 3.76. The zero-order valence-corrected chi connectivity index (χ0v) is 10.8. The van der Waals surface area contributed by atoms with E-state index in [0.717, 1.165) is 28.8 Å². The average molecular weight is 249 g/mol. The molecule has 1 aromatic carbocycles. The van der Waals surface area contributed by atoms with Crippen LogP contribution in [-0.4, -0.2) is 9.97 Å². The number of hydrogen-bond acceptors (Lipinski definition) is 3. The molecule has 2 aromatic heterocycles. The van der Waals surface area contributed by atoms with E-state index in [2.05, 4.69) is 33.5 Å². The predicted octanol–water partition coefficient (Wildman–Crippen LogP) is 3.55. The van der Waals surface area contributed by atoms with Crippen molar-refractivity contribution in [3.8, 4) is 0 Å². The van der Waals surface area contributed by atoms with Gasteiger partial charge in [0.15, 0.2) is 0 Å². The van der Waals surface area contributed by atoms with Gasteiger partial charge >= 0.3 is 0 Å². The Hall–Kier alpha value is -2.42. The van der Waals surface area contributed by atoms with Gasteiger partial charge in [0.1, 0.15) is 0 Å². The molecule has 1 N–H and O–H groups in total. The summed E-state index contributed by atoms with van der Waals surface area (Å²) < 4.78 is 0.